The Labute approximate surface area is 112 Å². The van der Waals surface area contributed by atoms with Crippen LogP contribution in [0.5, 0.6) is 0 Å². The molecule has 1 atom stereocenters. The van der Waals surface area contributed by atoms with E-state index in [1.165, 1.54) is 0 Å². The Morgan fingerprint density at radius 2 is 2.11 bits per heavy atom. The summed E-state index contributed by atoms with van der Waals surface area (Å²) in [6.45, 7) is 1.79. The van der Waals surface area contributed by atoms with Crippen molar-refractivity contribution in [3.63, 3.8) is 0 Å². The first-order valence-corrected chi connectivity index (χ1v) is 6.17. The molecule has 0 saturated carbocycles. The summed E-state index contributed by atoms with van der Waals surface area (Å²) in [5.74, 6) is -0.389. The quantitative estimate of drug-likeness (QED) is 0.862. The number of rotatable bonds is 5. The van der Waals surface area contributed by atoms with Crippen molar-refractivity contribution < 1.29 is 9.59 Å². The Bertz CT molecular complexity index is 435. The maximum Gasteiger partial charge on any atom is 0.227 e. The summed E-state index contributed by atoms with van der Waals surface area (Å²) in [6, 6.07) is 6.97. The molecule has 0 aliphatic rings. The number of hydrogen-bond donors (Lipinski definition) is 2. The van der Waals surface area contributed by atoms with Gasteiger partial charge in [-0.3, -0.25) is 9.59 Å². The van der Waals surface area contributed by atoms with Crippen LogP contribution in [0.3, 0.4) is 0 Å². The molecule has 98 valence electrons. The van der Waals surface area contributed by atoms with Crippen molar-refractivity contribution in [2.24, 2.45) is 5.92 Å². The maximum atomic E-state index is 11.8. The number of halogens is 1. The highest BCUT2D eigenvalue weighted by molar-refractivity contribution is 6.30. The maximum absolute atomic E-state index is 11.8. The largest absolute Gasteiger partial charge is 0.359 e. The van der Waals surface area contributed by atoms with E-state index in [9.17, 15) is 9.59 Å². The van der Waals surface area contributed by atoms with Gasteiger partial charge in [0.2, 0.25) is 11.8 Å². The lowest BCUT2D eigenvalue weighted by Gasteiger charge is -2.11. The highest BCUT2D eigenvalue weighted by Gasteiger charge is 2.14. The highest BCUT2D eigenvalue weighted by atomic mass is 35.5. The zero-order valence-corrected chi connectivity index (χ0v) is 11.3. The molecular weight excluding hydrogens is 252 g/mol. The second-order valence-electron chi connectivity index (χ2n) is 4.11. The van der Waals surface area contributed by atoms with Crippen molar-refractivity contribution in [3.8, 4) is 0 Å². The number of hydrogen-bond acceptors (Lipinski definition) is 2. The van der Waals surface area contributed by atoms with Gasteiger partial charge in [0.1, 0.15) is 0 Å². The standard InChI is InChI=1S/C13H17ClN2O2/c1-9(6-7-12(17)15-2)13(18)16-11-5-3-4-10(14)8-11/h3-5,8-9H,6-7H2,1-2H3,(H,15,17)(H,16,18)/t9-/m1/s1. The van der Waals surface area contributed by atoms with Crippen molar-refractivity contribution in [3.05, 3.63) is 29.3 Å². The summed E-state index contributed by atoms with van der Waals surface area (Å²) in [4.78, 5) is 22.9. The average molecular weight is 269 g/mol. The van der Waals surface area contributed by atoms with Crippen LogP contribution in [0.4, 0.5) is 5.69 Å². The van der Waals surface area contributed by atoms with Crippen LogP contribution in [0.1, 0.15) is 19.8 Å². The van der Waals surface area contributed by atoms with Gasteiger partial charge in [-0.15, -0.1) is 0 Å². The zero-order valence-electron chi connectivity index (χ0n) is 10.5. The molecule has 2 amide bonds. The summed E-state index contributed by atoms with van der Waals surface area (Å²) in [7, 11) is 1.58. The Kier molecular flexibility index (Phi) is 5.65. The van der Waals surface area contributed by atoms with Gasteiger partial charge in [0, 0.05) is 30.1 Å². The summed E-state index contributed by atoms with van der Waals surface area (Å²) in [5, 5.41) is 5.87. The summed E-state index contributed by atoms with van der Waals surface area (Å²) in [6.07, 6.45) is 0.868. The summed E-state index contributed by atoms with van der Waals surface area (Å²) < 4.78 is 0. The van der Waals surface area contributed by atoms with Gasteiger partial charge in [-0.2, -0.15) is 0 Å². The predicted octanol–water partition coefficient (Wildman–Crippen LogP) is 2.44. The minimum absolute atomic E-state index is 0.0580. The topological polar surface area (TPSA) is 58.2 Å². The number of amides is 2. The fourth-order valence-electron chi connectivity index (χ4n) is 1.44. The summed E-state index contributed by atoms with van der Waals surface area (Å²) >= 11 is 5.83. The second-order valence-corrected chi connectivity index (χ2v) is 4.55. The van der Waals surface area contributed by atoms with E-state index in [0.29, 0.717) is 23.6 Å². The van der Waals surface area contributed by atoms with E-state index in [1.807, 2.05) is 0 Å². The number of benzene rings is 1. The van der Waals surface area contributed by atoms with Crippen LogP contribution < -0.4 is 10.6 Å². The van der Waals surface area contributed by atoms with E-state index in [-0.39, 0.29) is 17.7 Å². The van der Waals surface area contributed by atoms with Crippen molar-refractivity contribution in [2.45, 2.75) is 19.8 Å². The third kappa shape index (κ3) is 4.75. The monoisotopic (exact) mass is 268 g/mol. The van der Waals surface area contributed by atoms with Crippen molar-refractivity contribution >= 4 is 29.1 Å². The van der Waals surface area contributed by atoms with Gasteiger partial charge < -0.3 is 10.6 Å². The molecule has 0 spiro atoms. The lowest BCUT2D eigenvalue weighted by molar-refractivity contribution is -0.122. The van der Waals surface area contributed by atoms with Gasteiger partial charge in [-0.25, -0.2) is 0 Å². The van der Waals surface area contributed by atoms with E-state index >= 15 is 0 Å². The first-order valence-electron chi connectivity index (χ1n) is 5.80. The lowest BCUT2D eigenvalue weighted by atomic mass is 10.0. The van der Waals surface area contributed by atoms with Crippen LogP contribution in [0.2, 0.25) is 5.02 Å². The minimum atomic E-state index is -0.221. The first-order chi connectivity index (χ1) is 8.52. The zero-order chi connectivity index (χ0) is 13.5. The molecule has 0 aromatic heterocycles. The van der Waals surface area contributed by atoms with E-state index in [2.05, 4.69) is 10.6 Å². The first kappa shape index (κ1) is 14.5. The van der Waals surface area contributed by atoms with Gasteiger partial charge >= 0.3 is 0 Å². The Balaban J connectivity index is 2.47. The highest BCUT2D eigenvalue weighted by Crippen LogP contribution is 2.16. The van der Waals surface area contributed by atoms with Crippen molar-refractivity contribution in [1.82, 2.24) is 5.32 Å². The molecule has 0 aliphatic carbocycles. The van der Waals surface area contributed by atoms with Gasteiger partial charge in [0.15, 0.2) is 0 Å². The normalized spacial score (nSPS) is 11.7. The molecule has 0 unspecified atom stereocenters. The van der Waals surface area contributed by atoms with Crippen LogP contribution in [-0.2, 0) is 9.59 Å². The number of anilines is 1. The van der Waals surface area contributed by atoms with E-state index in [1.54, 1.807) is 38.2 Å². The Hall–Kier alpha value is -1.55. The SMILES string of the molecule is CNC(=O)CC[C@@H](C)C(=O)Nc1cccc(Cl)c1. The fraction of sp³-hybridized carbons (Fsp3) is 0.385. The summed E-state index contributed by atoms with van der Waals surface area (Å²) in [5.41, 5.74) is 0.666. The molecule has 1 aromatic carbocycles. The predicted molar refractivity (Wildman–Crippen MR) is 72.5 cm³/mol. The smallest absolute Gasteiger partial charge is 0.227 e. The molecule has 1 aromatic rings. The van der Waals surface area contributed by atoms with E-state index < -0.39 is 0 Å². The third-order valence-corrected chi connectivity index (χ3v) is 2.86. The van der Waals surface area contributed by atoms with Gasteiger partial charge in [0.05, 0.1) is 0 Å². The van der Waals surface area contributed by atoms with Gasteiger partial charge in [-0.05, 0) is 24.6 Å². The van der Waals surface area contributed by atoms with E-state index in [4.69, 9.17) is 11.6 Å². The Morgan fingerprint density at radius 3 is 2.72 bits per heavy atom. The Morgan fingerprint density at radius 1 is 1.39 bits per heavy atom. The number of carbonyl (C=O) groups excluding carboxylic acids is 2. The molecule has 1 rings (SSSR count). The van der Waals surface area contributed by atoms with Crippen LogP contribution in [0, 0.1) is 5.92 Å². The van der Waals surface area contributed by atoms with E-state index in [0.717, 1.165) is 0 Å². The molecule has 0 heterocycles. The molecule has 0 radical (unpaired) electrons. The van der Waals surface area contributed by atoms with Crippen LogP contribution >= 0.6 is 11.6 Å². The second kappa shape index (κ2) is 7.01. The third-order valence-electron chi connectivity index (χ3n) is 2.62. The molecule has 4 nitrogen and oxygen atoms in total. The van der Waals surface area contributed by atoms with Crippen LogP contribution in [-0.4, -0.2) is 18.9 Å². The van der Waals surface area contributed by atoms with Crippen molar-refractivity contribution in [1.29, 1.82) is 0 Å². The molecule has 0 bridgehead atoms. The fourth-order valence-corrected chi connectivity index (χ4v) is 1.63. The average Bonchev–Trinajstić information content (AvgIpc) is 2.35. The molecule has 0 fully saturated rings. The molecule has 5 heteroatoms. The van der Waals surface area contributed by atoms with Gasteiger partial charge in [0.25, 0.3) is 0 Å². The molecule has 18 heavy (non-hydrogen) atoms. The lowest BCUT2D eigenvalue weighted by Crippen LogP contribution is -2.23. The molecule has 0 aliphatic heterocycles. The van der Waals surface area contributed by atoms with Gasteiger partial charge in [-0.1, -0.05) is 24.6 Å². The molecule has 2 N–H and O–H groups in total. The molecule has 0 saturated heterocycles. The van der Waals surface area contributed by atoms with Crippen LogP contribution in [0.25, 0.3) is 0 Å². The minimum Gasteiger partial charge on any atom is -0.359 e. The van der Waals surface area contributed by atoms with Crippen molar-refractivity contribution in [2.75, 3.05) is 12.4 Å². The number of nitrogens with one attached hydrogen (secondary N) is 2. The van der Waals surface area contributed by atoms with Crippen LogP contribution in [0.15, 0.2) is 24.3 Å². The molecular formula is C13H17ClN2O2. The number of carbonyl (C=O) groups is 2.